The molecule has 1 aliphatic carbocycles. The number of hydrogen-bond acceptors (Lipinski definition) is 4. The van der Waals surface area contributed by atoms with E-state index >= 15 is 0 Å². The summed E-state index contributed by atoms with van der Waals surface area (Å²) in [4.78, 5) is 11.7. The van der Waals surface area contributed by atoms with Gasteiger partial charge in [0.05, 0.1) is 17.9 Å². The maximum atomic E-state index is 13.2. The van der Waals surface area contributed by atoms with E-state index in [9.17, 15) is 18.3 Å². The van der Waals surface area contributed by atoms with Crippen molar-refractivity contribution < 1.29 is 18.3 Å². The molecule has 1 aromatic carbocycles. The molecule has 2 heterocycles. The number of carboxylic acids is 1. The van der Waals surface area contributed by atoms with Crippen LogP contribution < -0.4 is 4.31 Å². The lowest BCUT2D eigenvalue weighted by Crippen LogP contribution is -2.31. The van der Waals surface area contributed by atoms with Crippen LogP contribution in [0.4, 0.5) is 5.69 Å². The van der Waals surface area contributed by atoms with E-state index in [0.29, 0.717) is 16.9 Å². The first-order valence-corrected chi connectivity index (χ1v) is 9.21. The summed E-state index contributed by atoms with van der Waals surface area (Å²) < 4.78 is 29.1. The Morgan fingerprint density at radius 2 is 2.00 bits per heavy atom. The number of hydrogen-bond donors (Lipinski definition) is 1. The summed E-state index contributed by atoms with van der Waals surface area (Å²) in [5, 5.41) is 13.7. The fourth-order valence-corrected chi connectivity index (χ4v) is 5.02. The van der Waals surface area contributed by atoms with E-state index in [1.54, 1.807) is 31.3 Å². The number of aliphatic carboxylic acids is 1. The Kier molecular flexibility index (Phi) is 3.21. The fourth-order valence-electron chi connectivity index (χ4n) is 3.25. The first-order chi connectivity index (χ1) is 11.4. The number of anilines is 1. The average molecular weight is 347 g/mol. The highest BCUT2D eigenvalue weighted by Gasteiger charge is 2.42. The zero-order chi connectivity index (χ0) is 17.1. The largest absolute Gasteiger partial charge is 0.481 e. The molecule has 1 atom stereocenters. The predicted octanol–water partition coefficient (Wildman–Crippen LogP) is 1.67. The Bertz CT molecular complexity index is 931. The number of nitrogens with zero attached hydrogens (tertiary/aromatic N) is 3. The molecule has 1 aliphatic heterocycles. The Labute approximate surface area is 139 Å². The summed E-state index contributed by atoms with van der Waals surface area (Å²) in [6.45, 7) is -0.0873. The Balaban J connectivity index is 1.83. The number of aryl methyl sites for hydroxylation is 1. The highest BCUT2D eigenvalue weighted by molar-refractivity contribution is 7.93. The van der Waals surface area contributed by atoms with Crippen molar-refractivity contribution in [3.63, 3.8) is 0 Å². The highest BCUT2D eigenvalue weighted by atomic mass is 32.2. The van der Waals surface area contributed by atoms with Gasteiger partial charge in [0, 0.05) is 19.2 Å². The van der Waals surface area contributed by atoms with Crippen LogP contribution in [-0.2, 0) is 21.9 Å². The van der Waals surface area contributed by atoms with Crippen molar-refractivity contribution in [2.24, 2.45) is 7.05 Å². The molecule has 8 heteroatoms. The topological polar surface area (TPSA) is 92.5 Å². The second-order valence-electron chi connectivity index (χ2n) is 6.31. The molecule has 1 aromatic heterocycles. The minimum absolute atomic E-state index is 0.0873. The lowest BCUT2D eigenvalue weighted by molar-refractivity contribution is -0.138. The van der Waals surface area contributed by atoms with E-state index in [4.69, 9.17) is 0 Å². The number of rotatable bonds is 4. The molecular formula is C16H17N3O4S. The molecule has 1 saturated carbocycles. The number of carboxylic acid groups (broad SMARTS) is 1. The van der Waals surface area contributed by atoms with Crippen molar-refractivity contribution in [2.75, 3.05) is 10.8 Å². The van der Waals surface area contributed by atoms with Gasteiger partial charge in [-0.3, -0.25) is 13.8 Å². The van der Waals surface area contributed by atoms with E-state index < -0.39 is 21.9 Å². The van der Waals surface area contributed by atoms with E-state index in [0.717, 1.165) is 12.8 Å². The summed E-state index contributed by atoms with van der Waals surface area (Å²) in [5.74, 6) is -1.69. The molecule has 24 heavy (non-hydrogen) atoms. The van der Waals surface area contributed by atoms with Crippen molar-refractivity contribution >= 4 is 21.7 Å². The van der Waals surface area contributed by atoms with Gasteiger partial charge in [0.2, 0.25) is 0 Å². The molecule has 0 bridgehead atoms. The predicted molar refractivity (Wildman–Crippen MR) is 86.5 cm³/mol. The van der Waals surface area contributed by atoms with Gasteiger partial charge < -0.3 is 5.11 Å². The van der Waals surface area contributed by atoms with Crippen LogP contribution in [0, 0.1) is 0 Å². The maximum absolute atomic E-state index is 13.2. The van der Waals surface area contributed by atoms with Crippen LogP contribution in [0.3, 0.4) is 0 Å². The molecule has 4 rings (SSSR count). The van der Waals surface area contributed by atoms with Crippen LogP contribution in [0.15, 0.2) is 35.4 Å². The van der Waals surface area contributed by atoms with Gasteiger partial charge in [0.1, 0.15) is 10.8 Å². The summed E-state index contributed by atoms with van der Waals surface area (Å²) in [6, 6.07) is 6.78. The third-order valence-corrected chi connectivity index (χ3v) is 6.38. The summed E-state index contributed by atoms with van der Waals surface area (Å²) >= 11 is 0. The van der Waals surface area contributed by atoms with E-state index in [-0.39, 0.29) is 17.4 Å². The first-order valence-electron chi connectivity index (χ1n) is 7.77. The molecule has 0 spiro atoms. The highest BCUT2D eigenvalue weighted by Crippen LogP contribution is 2.45. The summed E-state index contributed by atoms with van der Waals surface area (Å²) in [5.41, 5.74) is 1.56. The Hall–Kier alpha value is -2.35. The van der Waals surface area contributed by atoms with Gasteiger partial charge in [0.25, 0.3) is 10.0 Å². The van der Waals surface area contributed by atoms with E-state index in [2.05, 4.69) is 5.10 Å². The average Bonchev–Trinajstić information content (AvgIpc) is 3.18. The quantitative estimate of drug-likeness (QED) is 0.908. The number of carbonyl (C=O) groups is 1. The molecule has 126 valence electrons. The summed E-state index contributed by atoms with van der Waals surface area (Å²) in [7, 11) is -2.15. The molecule has 0 radical (unpaired) electrons. The smallest absolute Gasteiger partial charge is 0.312 e. The number of benzene rings is 1. The van der Waals surface area contributed by atoms with Crippen molar-refractivity contribution in [3.05, 3.63) is 41.7 Å². The zero-order valence-electron chi connectivity index (χ0n) is 13.1. The number of para-hydroxylation sites is 1. The van der Waals surface area contributed by atoms with E-state index in [1.807, 2.05) is 0 Å². The normalized spacial score (nSPS) is 20.2. The third kappa shape index (κ3) is 2.21. The Morgan fingerprint density at radius 3 is 2.67 bits per heavy atom. The van der Waals surface area contributed by atoms with Crippen LogP contribution in [0.1, 0.15) is 35.9 Å². The second-order valence-corrected chi connectivity index (χ2v) is 8.14. The van der Waals surface area contributed by atoms with Crippen LogP contribution in [0.25, 0.3) is 0 Å². The van der Waals surface area contributed by atoms with Crippen molar-refractivity contribution in [3.8, 4) is 0 Å². The number of sulfonamides is 1. The summed E-state index contributed by atoms with van der Waals surface area (Å²) in [6.07, 6.45) is 3.39. The molecule has 2 aliphatic rings. The van der Waals surface area contributed by atoms with Crippen molar-refractivity contribution in [1.29, 1.82) is 0 Å². The van der Waals surface area contributed by atoms with Crippen LogP contribution >= 0.6 is 0 Å². The lowest BCUT2D eigenvalue weighted by Gasteiger charge is -2.19. The fraction of sp³-hybridized carbons (Fsp3) is 0.375. The number of aromatic nitrogens is 2. The van der Waals surface area contributed by atoms with Gasteiger partial charge in [-0.05, 0) is 24.5 Å². The Morgan fingerprint density at radius 1 is 1.29 bits per heavy atom. The van der Waals surface area contributed by atoms with Gasteiger partial charge in [-0.15, -0.1) is 0 Å². The molecule has 1 fully saturated rings. The number of fused-ring (bicyclic) bond motifs is 1. The molecular weight excluding hydrogens is 330 g/mol. The minimum Gasteiger partial charge on any atom is -0.481 e. The minimum atomic E-state index is -3.85. The van der Waals surface area contributed by atoms with Crippen LogP contribution in [-0.4, -0.2) is 35.8 Å². The first kappa shape index (κ1) is 15.2. The van der Waals surface area contributed by atoms with Crippen molar-refractivity contribution in [2.45, 2.75) is 29.6 Å². The van der Waals surface area contributed by atoms with Crippen LogP contribution in [0.2, 0.25) is 0 Å². The second kappa shape index (κ2) is 5.07. The van der Waals surface area contributed by atoms with Gasteiger partial charge in [0.15, 0.2) is 0 Å². The standard InChI is InChI=1S/C16H17N3O4S/c1-18-9-14(15(17-18)10-6-7-10)24(22,23)19-8-12(16(20)21)11-4-2-3-5-13(11)19/h2-5,9-10,12H,6-8H2,1H3,(H,20,21). The maximum Gasteiger partial charge on any atom is 0.312 e. The lowest BCUT2D eigenvalue weighted by atomic mass is 10.0. The molecule has 0 saturated heterocycles. The van der Waals surface area contributed by atoms with Crippen molar-refractivity contribution in [1.82, 2.24) is 9.78 Å². The van der Waals surface area contributed by atoms with E-state index in [1.165, 1.54) is 15.2 Å². The molecule has 0 amide bonds. The zero-order valence-corrected chi connectivity index (χ0v) is 13.9. The third-order valence-electron chi connectivity index (χ3n) is 4.58. The van der Waals surface area contributed by atoms with Gasteiger partial charge >= 0.3 is 5.97 Å². The molecule has 1 N–H and O–H groups in total. The van der Waals surface area contributed by atoms with Gasteiger partial charge in [-0.2, -0.15) is 5.10 Å². The molecule has 2 aromatic rings. The van der Waals surface area contributed by atoms with Gasteiger partial charge in [-0.1, -0.05) is 18.2 Å². The van der Waals surface area contributed by atoms with Crippen LogP contribution in [0.5, 0.6) is 0 Å². The molecule has 1 unspecified atom stereocenters. The molecule has 7 nitrogen and oxygen atoms in total. The monoisotopic (exact) mass is 347 g/mol. The SMILES string of the molecule is Cn1cc(S(=O)(=O)N2CC(C(=O)O)c3ccccc32)c(C2CC2)n1. The van der Waals surface area contributed by atoms with Gasteiger partial charge in [-0.25, -0.2) is 8.42 Å².